The van der Waals surface area contributed by atoms with E-state index < -0.39 is 17.2 Å². The topological polar surface area (TPSA) is 86.0 Å². The number of aromatic nitrogens is 3. The van der Waals surface area contributed by atoms with Crippen LogP contribution in [0.25, 0.3) is 11.0 Å². The van der Waals surface area contributed by atoms with Gasteiger partial charge in [-0.25, -0.2) is 9.18 Å². The number of hydrogen-bond donors (Lipinski definition) is 1. The molecular formula is C21H17FN4O3S. The minimum Gasteiger partial charge on any atom is -0.350 e. The normalized spacial score (nSPS) is 11.0. The molecule has 0 aliphatic heterocycles. The number of amides is 1. The van der Waals surface area contributed by atoms with Crippen molar-refractivity contribution in [3.63, 3.8) is 0 Å². The van der Waals surface area contributed by atoms with Gasteiger partial charge in [0.2, 0.25) is 5.91 Å². The van der Waals surface area contributed by atoms with Crippen LogP contribution in [0.5, 0.6) is 0 Å². The number of carbonyl (C=O) groups excluding carboxylic acids is 1. The number of nitrogens with one attached hydrogen (secondary N) is 1. The van der Waals surface area contributed by atoms with Gasteiger partial charge < -0.3 is 5.32 Å². The maximum Gasteiger partial charge on any atom is 0.332 e. The predicted octanol–water partition coefficient (Wildman–Crippen LogP) is 2.12. The van der Waals surface area contributed by atoms with Crippen LogP contribution >= 0.6 is 11.5 Å². The number of benzene rings is 2. The molecule has 152 valence electrons. The van der Waals surface area contributed by atoms with Gasteiger partial charge >= 0.3 is 5.69 Å². The van der Waals surface area contributed by atoms with Gasteiger partial charge in [-0.2, -0.15) is 4.37 Å². The molecule has 0 spiro atoms. The smallest absolute Gasteiger partial charge is 0.332 e. The standard InChI is InChI=1S/C21H17FN4O3S/c22-16-8-6-14(7-9-16)10-23-18(27)12-25-17-13-30-24-19(17)20(28)26(21(25)29)11-15-4-2-1-3-5-15/h1-9,13H,10-12H2,(H,23,27). The lowest BCUT2D eigenvalue weighted by molar-refractivity contribution is -0.121. The Labute approximate surface area is 174 Å². The van der Waals surface area contributed by atoms with Crippen LogP contribution in [0.15, 0.2) is 69.6 Å². The van der Waals surface area contributed by atoms with Gasteiger partial charge in [0.05, 0.1) is 12.1 Å². The fraction of sp³-hybridized carbons (Fsp3) is 0.143. The zero-order valence-electron chi connectivity index (χ0n) is 15.7. The highest BCUT2D eigenvalue weighted by atomic mass is 32.1. The zero-order valence-corrected chi connectivity index (χ0v) is 16.6. The molecule has 0 bridgehead atoms. The highest BCUT2D eigenvalue weighted by Crippen LogP contribution is 2.10. The molecule has 2 aromatic carbocycles. The van der Waals surface area contributed by atoms with Crippen molar-refractivity contribution >= 4 is 28.5 Å². The molecule has 1 amide bonds. The van der Waals surface area contributed by atoms with E-state index >= 15 is 0 Å². The third kappa shape index (κ3) is 4.06. The van der Waals surface area contributed by atoms with Crippen molar-refractivity contribution in [2.24, 2.45) is 0 Å². The Balaban J connectivity index is 1.62. The van der Waals surface area contributed by atoms with E-state index in [0.717, 1.165) is 27.2 Å². The first kappa shape index (κ1) is 19.7. The number of fused-ring (bicyclic) bond motifs is 1. The summed E-state index contributed by atoms with van der Waals surface area (Å²) in [5.74, 6) is -0.761. The minimum absolute atomic E-state index is 0.0865. The first-order valence-electron chi connectivity index (χ1n) is 9.16. The maximum absolute atomic E-state index is 13.0. The van der Waals surface area contributed by atoms with Crippen molar-refractivity contribution in [3.8, 4) is 0 Å². The van der Waals surface area contributed by atoms with E-state index in [1.165, 1.54) is 16.7 Å². The third-order valence-corrected chi connectivity index (χ3v) is 5.26. The molecule has 7 nitrogen and oxygen atoms in total. The van der Waals surface area contributed by atoms with Crippen molar-refractivity contribution in [1.82, 2.24) is 18.8 Å². The second-order valence-electron chi connectivity index (χ2n) is 6.70. The maximum atomic E-state index is 13.0. The summed E-state index contributed by atoms with van der Waals surface area (Å²) in [5, 5.41) is 4.29. The van der Waals surface area contributed by atoms with Gasteiger partial charge in [0.15, 0.2) is 5.52 Å². The molecule has 2 aromatic heterocycles. The van der Waals surface area contributed by atoms with Gasteiger partial charge in [-0.05, 0) is 34.8 Å². The van der Waals surface area contributed by atoms with Gasteiger partial charge in [-0.3, -0.25) is 18.7 Å². The van der Waals surface area contributed by atoms with Gasteiger partial charge in [-0.1, -0.05) is 42.5 Å². The molecule has 2 heterocycles. The molecule has 9 heteroatoms. The molecule has 0 fully saturated rings. The van der Waals surface area contributed by atoms with Crippen molar-refractivity contribution in [3.05, 3.63) is 97.8 Å². The Bertz CT molecular complexity index is 1310. The molecule has 0 aliphatic rings. The number of hydrogen-bond acceptors (Lipinski definition) is 5. The Hall–Kier alpha value is -3.59. The van der Waals surface area contributed by atoms with Gasteiger partial charge in [-0.15, -0.1) is 0 Å². The summed E-state index contributed by atoms with van der Waals surface area (Å²) in [4.78, 5) is 38.3. The van der Waals surface area contributed by atoms with E-state index in [-0.39, 0.29) is 31.0 Å². The lowest BCUT2D eigenvalue weighted by Gasteiger charge is -2.12. The minimum atomic E-state index is -0.575. The summed E-state index contributed by atoms with van der Waals surface area (Å²) in [6.45, 7) is 0.0235. The first-order valence-corrected chi connectivity index (χ1v) is 9.99. The van der Waals surface area contributed by atoms with Crippen LogP contribution in [0.4, 0.5) is 4.39 Å². The monoisotopic (exact) mass is 424 g/mol. The molecule has 4 aromatic rings. The predicted molar refractivity (Wildman–Crippen MR) is 112 cm³/mol. The quantitative estimate of drug-likeness (QED) is 0.514. The molecule has 30 heavy (non-hydrogen) atoms. The Kier molecular flexibility index (Phi) is 5.53. The van der Waals surface area contributed by atoms with Crippen molar-refractivity contribution in [2.45, 2.75) is 19.6 Å². The molecule has 1 N–H and O–H groups in total. The summed E-state index contributed by atoms with van der Waals surface area (Å²) in [6.07, 6.45) is 0. The van der Waals surface area contributed by atoms with Crippen molar-refractivity contribution in [1.29, 1.82) is 0 Å². The first-order chi connectivity index (χ1) is 14.5. The van der Waals surface area contributed by atoms with Crippen LogP contribution in [0, 0.1) is 5.82 Å². The number of rotatable bonds is 6. The average Bonchev–Trinajstić information content (AvgIpc) is 3.24. The molecule has 0 unspecified atom stereocenters. The van der Waals surface area contributed by atoms with Crippen LogP contribution in [-0.4, -0.2) is 19.4 Å². The van der Waals surface area contributed by atoms with E-state index in [9.17, 15) is 18.8 Å². The molecule has 0 atom stereocenters. The third-order valence-electron chi connectivity index (χ3n) is 4.64. The van der Waals surface area contributed by atoms with Gasteiger partial charge in [0.25, 0.3) is 5.56 Å². The molecular weight excluding hydrogens is 407 g/mol. The van der Waals surface area contributed by atoms with Crippen LogP contribution in [0.1, 0.15) is 11.1 Å². The summed E-state index contributed by atoms with van der Waals surface area (Å²) >= 11 is 1.05. The molecule has 0 radical (unpaired) electrons. The van der Waals surface area contributed by atoms with E-state index in [1.54, 1.807) is 17.5 Å². The largest absolute Gasteiger partial charge is 0.350 e. The fourth-order valence-corrected chi connectivity index (χ4v) is 3.76. The van der Waals surface area contributed by atoms with E-state index in [2.05, 4.69) is 9.69 Å². The second-order valence-corrected chi connectivity index (χ2v) is 7.33. The van der Waals surface area contributed by atoms with E-state index in [1.807, 2.05) is 30.3 Å². The highest BCUT2D eigenvalue weighted by Gasteiger charge is 2.17. The lowest BCUT2D eigenvalue weighted by atomic mass is 10.2. The summed E-state index contributed by atoms with van der Waals surface area (Å²) in [6, 6.07) is 14.9. The number of nitrogens with zero attached hydrogens (tertiary/aromatic N) is 3. The van der Waals surface area contributed by atoms with Crippen LogP contribution in [-0.2, 0) is 24.4 Å². The van der Waals surface area contributed by atoms with E-state index in [0.29, 0.717) is 5.52 Å². The second kappa shape index (κ2) is 8.42. The SMILES string of the molecule is O=C(Cn1c(=O)n(Cc2ccccc2)c(=O)c2nscc21)NCc1ccc(F)cc1. The molecule has 0 saturated carbocycles. The van der Waals surface area contributed by atoms with Crippen LogP contribution in [0.2, 0.25) is 0 Å². The Morgan fingerprint density at radius 1 is 1.00 bits per heavy atom. The van der Waals surface area contributed by atoms with E-state index in [4.69, 9.17) is 0 Å². The fourth-order valence-electron chi connectivity index (χ4n) is 3.10. The van der Waals surface area contributed by atoms with Crippen molar-refractivity contribution in [2.75, 3.05) is 0 Å². The average molecular weight is 424 g/mol. The molecule has 0 saturated heterocycles. The van der Waals surface area contributed by atoms with Crippen LogP contribution < -0.4 is 16.6 Å². The van der Waals surface area contributed by atoms with Crippen molar-refractivity contribution < 1.29 is 9.18 Å². The Morgan fingerprint density at radius 2 is 1.73 bits per heavy atom. The summed E-state index contributed by atoms with van der Waals surface area (Å²) in [7, 11) is 0. The number of carbonyl (C=O) groups is 1. The zero-order chi connectivity index (χ0) is 21.1. The van der Waals surface area contributed by atoms with Gasteiger partial charge in [0.1, 0.15) is 12.4 Å². The Morgan fingerprint density at radius 3 is 2.47 bits per heavy atom. The molecule has 4 rings (SSSR count). The van der Waals surface area contributed by atoms with Crippen LogP contribution in [0.3, 0.4) is 0 Å². The van der Waals surface area contributed by atoms with Gasteiger partial charge in [0, 0.05) is 11.9 Å². The lowest BCUT2D eigenvalue weighted by Crippen LogP contribution is -2.42. The molecule has 0 aliphatic carbocycles. The highest BCUT2D eigenvalue weighted by molar-refractivity contribution is 7.04. The summed E-state index contributed by atoms with van der Waals surface area (Å²) < 4.78 is 19.5. The summed E-state index contributed by atoms with van der Waals surface area (Å²) in [5.41, 5.74) is 0.946. The number of halogens is 1.